The van der Waals surface area contributed by atoms with Crippen LogP contribution in [0.25, 0.3) is 0 Å². The highest BCUT2D eigenvalue weighted by atomic mass is 16.5. The van der Waals surface area contributed by atoms with Crippen molar-refractivity contribution in [1.29, 1.82) is 0 Å². The molecule has 4 nitrogen and oxygen atoms in total. The fourth-order valence-corrected chi connectivity index (χ4v) is 12.7. The second-order valence-electron chi connectivity index (χ2n) is 16.7. The van der Waals surface area contributed by atoms with E-state index in [4.69, 9.17) is 4.74 Å². The van der Waals surface area contributed by atoms with Gasteiger partial charge in [-0.05, 0) is 117 Å². The van der Waals surface area contributed by atoms with Crippen LogP contribution in [0.3, 0.4) is 0 Å². The van der Waals surface area contributed by atoms with Gasteiger partial charge in [-0.1, -0.05) is 83.5 Å². The minimum Gasteiger partial charge on any atom is -0.374 e. The highest BCUT2D eigenvalue weighted by Crippen LogP contribution is 2.59. The van der Waals surface area contributed by atoms with Crippen LogP contribution in [-0.4, -0.2) is 30.7 Å². The lowest BCUT2D eigenvalue weighted by molar-refractivity contribution is -0.0690. The molecule has 0 aromatic carbocycles. The molecule has 8 rings (SSSR count). The maximum atomic E-state index is 7.28. The molecule has 2 heterocycles. The van der Waals surface area contributed by atoms with Gasteiger partial charge in [0.2, 0.25) is 0 Å². The molecular weight excluding hydrogens is 502 g/mol. The van der Waals surface area contributed by atoms with Crippen molar-refractivity contribution in [3.05, 3.63) is 0 Å². The van der Waals surface area contributed by atoms with E-state index in [2.05, 4.69) is 16.0 Å². The maximum Gasteiger partial charge on any atom is 0.0625 e. The van der Waals surface area contributed by atoms with Crippen LogP contribution >= 0.6 is 0 Å². The topological polar surface area (TPSA) is 45.3 Å². The Morgan fingerprint density at radius 2 is 0.854 bits per heavy atom. The first-order valence-electron chi connectivity index (χ1n) is 19.3. The zero-order valence-electron chi connectivity index (χ0n) is 26.3. The molecule has 10 atom stereocenters. The summed E-state index contributed by atoms with van der Waals surface area (Å²) in [5.74, 6) is 8.15. The molecule has 6 saturated carbocycles. The summed E-state index contributed by atoms with van der Waals surface area (Å²) in [5, 5.41) is 12.6. The average Bonchev–Trinajstić information content (AvgIpc) is 3.43. The smallest absolute Gasteiger partial charge is 0.0625 e. The Hall–Kier alpha value is -0.160. The minimum absolute atomic E-state index is 0.472. The highest BCUT2D eigenvalue weighted by molar-refractivity contribution is 5.06. The summed E-state index contributed by atoms with van der Waals surface area (Å²) < 4.78 is 7.28. The Morgan fingerprint density at radius 1 is 0.341 bits per heavy atom. The fraction of sp³-hybridized carbons (Fsp3) is 1.00. The third kappa shape index (κ3) is 5.72. The molecule has 0 amide bonds. The summed E-state index contributed by atoms with van der Waals surface area (Å²) in [6.07, 6.45) is 36.1. The molecule has 4 heteroatoms. The molecule has 3 N–H and O–H groups in total. The third-order valence-electron chi connectivity index (χ3n) is 14.6. The van der Waals surface area contributed by atoms with Gasteiger partial charge in [-0.2, -0.15) is 0 Å². The Kier molecular flexibility index (Phi) is 8.76. The summed E-state index contributed by atoms with van der Waals surface area (Å²) in [6.45, 7) is 0. The lowest BCUT2D eigenvalue weighted by atomic mass is 9.53. The number of ether oxygens (including phenoxy) is 1. The van der Waals surface area contributed by atoms with Gasteiger partial charge in [-0.3, -0.25) is 16.0 Å². The SMILES string of the molecule is C1CCC(C2NC(C3CCCCC3)NC(C3CCC4C(C3)OC3CC(C5CCCCC5)C5CCCCC5C34)N2)CC1. The van der Waals surface area contributed by atoms with Crippen molar-refractivity contribution in [2.45, 2.75) is 178 Å². The normalized spacial score (nSPS) is 48.7. The van der Waals surface area contributed by atoms with E-state index >= 15 is 0 Å². The number of hydrogen-bond donors (Lipinski definition) is 3. The van der Waals surface area contributed by atoms with Gasteiger partial charge in [0, 0.05) is 0 Å². The molecule has 2 aliphatic heterocycles. The molecule has 0 aromatic rings. The molecule has 6 aliphatic carbocycles. The van der Waals surface area contributed by atoms with Gasteiger partial charge in [0.25, 0.3) is 0 Å². The summed E-state index contributed by atoms with van der Waals surface area (Å²) in [7, 11) is 0. The Balaban J connectivity index is 0.972. The largest absolute Gasteiger partial charge is 0.374 e. The van der Waals surface area contributed by atoms with Gasteiger partial charge in [0.05, 0.1) is 30.7 Å². The van der Waals surface area contributed by atoms with Gasteiger partial charge >= 0.3 is 0 Å². The lowest BCUT2D eigenvalue weighted by Crippen LogP contribution is -2.72. The lowest BCUT2D eigenvalue weighted by Gasteiger charge is -2.52. The number of fused-ring (bicyclic) bond motifs is 5. The van der Waals surface area contributed by atoms with Crippen molar-refractivity contribution in [3.63, 3.8) is 0 Å². The molecule has 232 valence electrons. The van der Waals surface area contributed by atoms with E-state index in [9.17, 15) is 0 Å². The van der Waals surface area contributed by atoms with E-state index in [1.54, 1.807) is 6.42 Å². The van der Waals surface area contributed by atoms with Crippen LogP contribution in [0.15, 0.2) is 0 Å². The van der Waals surface area contributed by atoms with Crippen molar-refractivity contribution in [2.75, 3.05) is 0 Å². The maximum absolute atomic E-state index is 7.28. The van der Waals surface area contributed by atoms with Crippen LogP contribution in [-0.2, 0) is 4.74 Å². The molecule has 0 spiro atoms. The van der Waals surface area contributed by atoms with Crippen LogP contribution in [0.4, 0.5) is 0 Å². The van der Waals surface area contributed by atoms with Crippen molar-refractivity contribution in [2.24, 2.45) is 53.3 Å². The standard InChI is InChI=1S/C37H63N3O/c1-4-12-24(13-5-1)31-23-33-34(29-19-11-10-18-28(29)31)30-21-20-27(22-32(30)41-33)37-39-35(25-14-6-2-7-15-25)38-36(40-37)26-16-8-3-9-17-26/h24-40H,1-23H2. The molecule has 8 aliphatic rings. The molecule has 8 fully saturated rings. The van der Waals surface area contributed by atoms with Crippen LogP contribution in [0.5, 0.6) is 0 Å². The summed E-state index contributed by atoms with van der Waals surface area (Å²) >= 11 is 0. The zero-order chi connectivity index (χ0) is 27.2. The summed E-state index contributed by atoms with van der Waals surface area (Å²) in [4.78, 5) is 0. The second kappa shape index (κ2) is 12.7. The van der Waals surface area contributed by atoms with Gasteiger partial charge < -0.3 is 4.74 Å². The van der Waals surface area contributed by atoms with Crippen molar-refractivity contribution >= 4 is 0 Å². The first-order valence-corrected chi connectivity index (χ1v) is 19.3. The molecule has 41 heavy (non-hydrogen) atoms. The minimum atomic E-state index is 0.472. The molecule has 0 bridgehead atoms. The van der Waals surface area contributed by atoms with E-state index in [-0.39, 0.29) is 0 Å². The van der Waals surface area contributed by atoms with Crippen molar-refractivity contribution in [1.82, 2.24) is 16.0 Å². The van der Waals surface area contributed by atoms with Crippen LogP contribution < -0.4 is 16.0 Å². The zero-order valence-corrected chi connectivity index (χ0v) is 26.3. The molecule has 0 radical (unpaired) electrons. The molecule has 0 aromatic heterocycles. The monoisotopic (exact) mass is 565 g/mol. The van der Waals surface area contributed by atoms with E-state index in [0.29, 0.717) is 30.7 Å². The van der Waals surface area contributed by atoms with Gasteiger partial charge in [0.15, 0.2) is 0 Å². The average molecular weight is 566 g/mol. The molecular formula is C37H63N3O. The van der Waals surface area contributed by atoms with Crippen LogP contribution in [0, 0.1) is 53.3 Å². The van der Waals surface area contributed by atoms with Crippen molar-refractivity contribution in [3.8, 4) is 0 Å². The Bertz CT molecular complexity index is 821. The van der Waals surface area contributed by atoms with Gasteiger partial charge in [-0.25, -0.2) is 0 Å². The van der Waals surface area contributed by atoms with E-state index in [1.165, 1.54) is 141 Å². The Morgan fingerprint density at radius 3 is 1.46 bits per heavy atom. The summed E-state index contributed by atoms with van der Waals surface area (Å²) in [6, 6.07) is 0. The predicted octanol–water partition coefficient (Wildman–Crippen LogP) is 8.11. The van der Waals surface area contributed by atoms with E-state index < -0.39 is 0 Å². The molecule has 10 unspecified atom stereocenters. The van der Waals surface area contributed by atoms with Gasteiger partial charge in [0.1, 0.15) is 0 Å². The number of rotatable bonds is 4. The number of hydrogen-bond acceptors (Lipinski definition) is 4. The first-order chi connectivity index (χ1) is 20.3. The highest BCUT2D eigenvalue weighted by Gasteiger charge is 2.57. The quantitative estimate of drug-likeness (QED) is 0.322. The van der Waals surface area contributed by atoms with E-state index in [0.717, 1.165) is 53.3 Å². The predicted molar refractivity (Wildman–Crippen MR) is 167 cm³/mol. The molecule has 2 saturated heterocycles. The summed E-state index contributed by atoms with van der Waals surface area (Å²) in [5.41, 5.74) is 0. The van der Waals surface area contributed by atoms with E-state index in [1.807, 2.05) is 0 Å². The van der Waals surface area contributed by atoms with Gasteiger partial charge in [-0.15, -0.1) is 0 Å². The van der Waals surface area contributed by atoms with Crippen LogP contribution in [0.1, 0.15) is 148 Å². The third-order valence-corrected chi connectivity index (χ3v) is 14.6. The fourth-order valence-electron chi connectivity index (χ4n) is 12.7. The first kappa shape index (κ1) is 28.3. The number of nitrogens with one attached hydrogen (secondary N) is 3. The second-order valence-corrected chi connectivity index (χ2v) is 16.7. The van der Waals surface area contributed by atoms with Crippen LogP contribution in [0.2, 0.25) is 0 Å². The Labute approximate surface area is 252 Å². The van der Waals surface area contributed by atoms with Crippen molar-refractivity contribution < 1.29 is 4.74 Å².